The molecule has 0 aromatic heterocycles. The Bertz CT molecular complexity index is 483. The van der Waals surface area contributed by atoms with Crippen LogP contribution >= 0.6 is 0 Å². The fourth-order valence-corrected chi connectivity index (χ4v) is 3.08. The summed E-state index contributed by atoms with van der Waals surface area (Å²) in [4.78, 5) is 14.2. The van der Waals surface area contributed by atoms with E-state index in [0.29, 0.717) is 12.5 Å². The van der Waals surface area contributed by atoms with E-state index in [2.05, 4.69) is 5.32 Å². The zero-order valence-corrected chi connectivity index (χ0v) is 11.0. The van der Waals surface area contributed by atoms with Gasteiger partial charge in [-0.2, -0.15) is 0 Å². The first-order valence-corrected chi connectivity index (χ1v) is 7.06. The molecule has 1 aromatic rings. The number of nitrogens with one attached hydrogen (secondary N) is 1. The van der Waals surface area contributed by atoms with Crippen molar-refractivity contribution in [2.45, 2.75) is 38.1 Å². The van der Waals surface area contributed by atoms with Crippen molar-refractivity contribution in [2.75, 3.05) is 18.0 Å². The second-order valence-corrected chi connectivity index (χ2v) is 5.42. The number of nitrogens with zero attached hydrogens (tertiary/aromatic N) is 1. The molecule has 1 saturated heterocycles. The van der Waals surface area contributed by atoms with E-state index in [0.717, 1.165) is 50.0 Å². The van der Waals surface area contributed by atoms with E-state index < -0.39 is 0 Å². The number of carbonyl (C=O) groups is 1. The van der Waals surface area contributed by atoms with E-state index in [1.165, 1.54) is 6.07 Å². The third-order valence-electron chi connectivity index (χ3n) is 4.04. The van der Waals surface area contributed by atoms with Crippen molar-refractivity contribution in [2.24, 2.45) is 0 Å². The van der Waals surface area contributed by atoms with Crippen molar-refractivity contribution in [1.82, 2.24) is 5.32 Å². The van der Waals surface area contributed by atoms with Crippen LogP contribution < -0.4 is 10.2 Å². The van der Waals surface area contributed by atoms with E-state index in [9.17, 15) is 9.18 Å². The minimum atomic E-state index is -0.217. The molecule has 0 saturated carbocycles. The molecule has 4 heteroatoms. The average Bonchev–Trinajstić information content (AvgIpc) is 2.90. The third-order valence-corrected chi connectivity index (χ3v) is 4.04. The molecule has 2 aliphatic heterocycles. The van der Waals surface area contributed by atoms with Crippen LogP contribution in [0.15, 0.2) is 18.2 Å². The highest BCUT2D eigenvalue weighted by Crippen LogP contribution is 2.28. The third kappa shape index (κ3) is 2.63. The molecule has 3 rings (SSSR count). The van der Waals surface area contributed by atoms with Crippen LogP contribution in [0.3, 0.4) is 0 Å². The number of rotatable bonds is 2. The van der Waals surface area contributed by atoms with Gasteiger partial charge in [0.05, 0.1) is 0 Å². The minimum Gasteiger partial charge on any atom is -0.313 e. The van der Waals surface area contributed by atoms with Crippen molar-refractivity contribution in [3.63, 3.8) is 0 Å². The molecule has 1 aromatic carbocycles. The fraction of sp³-hybridized carbons (Fsp3) is 0.533. The molecule has 19 heavy (non-hydrogen) atoms. The van der Waals surface area contributed by atoms with Gasteiger partial charge in [0.1, 0.15) is 5.82 Å². The average molecular weight is 262 g/mol. The van der Waals surface area contributed by atoms with Crippen LogP contribution in [0.2, 0.25) is 0 Å². The van der Waals surface area contributed by atoms with Crippen LogP contribution in [0, 0.1) is 5.82 Å². The van der Waals surface area contributed by atoms with E-state index in [1.807, 2.05) is 4.90 Å². The number of hydrogen-bond donors (Lipinski definition) is 1. The molecule has 0 radical (unpaired) electrons. The Hall–Kier alpha value is -1.42. The molecule has 102 valence electrons. The van der Waals surface area contributed by atoms with Gasteiger partial charge >= 0.3 is 0 Å². The number of amides is 1. The second kappa shape index (κ2) is 5.29. The standard InChI is InChI=1S/C15H19FN2O/c16-12-5-6-14-11(9-12)3-2-8-18(14)15(19)10-13-4-1-7-17-13/h5-6,9,13,17H,1-4,7-8,10H2. The van der Waals surface area contributed by atoms with Crippen LogP contribution in [-0.2, 0) is 11.2 Å². The molecule has 2 heterocycles. The molecule has 1 amide bonds. The van der Waals surface area contributed by atoms with Gasteiger partial charge in [-0.15, -0.1) is 0 Å². The first-order chi connectivity index (χ1) is 9.24. The number of carbonyl (C=O) groups excluding carboxylic acids is 1. The monoisotopic (exact) mass is 262 g/mol. The number of hydrogen-bond acceptors (Lipinski definition) is 2. The normalized spacial score (nSPS) is 22.4. The smallest absolute Gasteiger partial charge is 0.228 e. The van der Waals surface area contributed by atoms with E-state index in [4.69, 9.17) is 0 Å². The Morgan fingerprint density at radius 2 is 2.32 bits per heavy atom. The van der Waals surface area contributed by atoms with E-state index >= 15 is 0 Å². The Kier molecular flexibility index (Phi) is 3.51. The van der Waals surface area contributed by atoms with E-state index in [-0.39, 0.29) is 11.7 Å². The molecule has 0 spiro atoms. The molecule has 0 bridgehead atoms. The van der Waals surface area contributed by atoms with Crippen molar-refractivity contribution < 1.29 is 9.18 Å². The molecular weight excluding hydrogens is 243 g/mol. The topological polar surface area (TPSA) is 32.3 Å². The summed E-state index contributed by atoms with van der Waals surface area (Å²) < 4.78 is 13.2. The van der Waals surface area contributed by atoms with Crippen molar-refractivity contribution >= 4 is 11.6 Å². The Morgan fingerprint density at radius 1 is 1.42 bits per heavy atom. The molecule has 0 aliphatic carbocycles. The lowest BCUT2D eigenvalue weighted by Crippen LogP contribution is -2.39. The second-order valence-electron chi connectivity index (χ2n) is 5.42. The zero-order valence-electron chi connectivity index (χ0n) is 11.0. The number of fused-ring (bicyclic) bond motifs is 1. The maximum Gasteiger partial charge on any atom is 0.228 e. The van der Waals surface area contributed by atoms with Gasteiger partial charge in [0.2, 0.25) is 5.91 Å². The summed E-state index contributed by atoms with van der Waals surface area (Å²) in [6, 6.07) is 5.06. The van der Waals surface area contributed by atoms with Gasteiger partial charge in [0.15, 0.2) is 0 Å². The molecule has 1 unspecified atom stereocenters. The number of aryl methyl sites for hydroxylation is 1. The maximum absolute atomic E-state index is 13.2. The van der Waals surface area contributed by atoms with Crippen LogP contribution in [-0.4, -0.2) is 25.0 Å². The summed E-state index contributed by atoms with van der Waals surface area (Å²) in [5.41, 5.74) is 1.86. The fourth-order valence-electron chi connectivity index (χ4n) is 3.08. The first kappa shape index (κ1) is 12.6. The highest BCUT2D eigenvalue weighted by Gasteiger charge is 2.26. The Balaban J connectivity index is 1.76. The molecule has 1 N–H and O–H groups in total. The predicted molar refractivity (Wildman–Crippen MR) is 72.7 cm³/mol. The van der Waals surface area contributed by atoms with Gasteiger partial charge in [-0.3, -0.25) is 4.79 Å². The summed E-state index contributed by atoms with van der Waals surface area (Å²) in [6.45, 7) is 1.77. The van der Waals surface area contributed by atoms with Gasteiger partial charge in [-0.1, -0.05) is 0 Å². The summed E-state index contributed by atoms with van der Waals surface area (Å²) in [5, 5.41) is 3.35. The molecule has 1 fully saturated rings. The number of anilines is 1. The van der Waals surface area contributed by atoms with Crippen molar-refractivity contribution in [3.05, 3.63) is 29.6 Å². The summed E-state index contributed by atoms with van der Waals surface area (Å²) in [7, 11) is 0. The van der Waals surface area contributed by atoms with Gasteiger partial charge in [0, 0.05) is 24.7 Å². The highest BCUT2D eigenvalue weighted by atomic mass is 19.1. The Morgan fingerprint density at radius 3 is 3.11 bits per heavy atom. The number of benzene rings is 1. The molecule has 3 nitrogen and oxygen atoms in total. The lowest BCUT2D eigenvalue weighted by molar-refractivity contribution is -0.119. The van der Waals surface area contributed by atoms with Crippen molar-refractivity contribution in [3.8, 4) is 0 Å². The number of halogens is 1. The quantitative estimate of drug-likeness (QED) is 0.886. The lowest BCUT2D eigenvalue weighted by atomic mass is 10.0. The van der Waals surface area contributed by atoms with Crippen molar-refractivity contribution in [1.29, 1.82) is 0 Å². The van der Waals surface area contributed by atoms with Gasteiger partial charge in [0.25, 0.3) is 0 Å². The maximum atomic E-state index is 13.2. The minimum absolute atomic E-state index is 0.159. The van der Waals surface area contributed by atoms with Crippen LogP contribution in [0.1, 0.15) is 31.2 Å². The zero-order chi connectivity index (χ0) is 13.2. The van der Waals surface area contributed by atoms with E-state index in [1.54, 1.807) is 12.1 Å². The lowest BCUT2D eigenvalue weighted by Gasteiger charge is -2.30. The summed E-state index contributed by atoms with van der Waals surface area (Å²) in [6.07, 6.45) is 4.56. The first-order valence-electron chi connectivity index (χ1n) is 7.06. The molecular formula is C15H19FN2O. The van der Waals surface area contributed by atoms with Gasteiger partial charge in [-0.25, -0.2) is 4.39 Å². The van der Waals surface area contributed by atoms with Gasteiger partial charge < -0.3 is 10.2 Å². The SMILES string of the molecule is O=C(CC1CCCN1)N1CCCc2cc(F)ccc21. The molecule has 1 atom stereocenters. The summed E-state index contributed by atoms with van der Waals surface area (Å²) >= 11 is 0. The van der Waals surface area contributed by atoms with Crippen LogP contribution in [0.25, 0.3) is 0 Å². The predicted octanol–water partition coefficient (Wildman–Crippen LogP) is 2.25. The van der Waals surface area contributed by atoms with Crippen LogP contribution in [0.4, 0.5) is 10.1 Å². The largest absolute Gasteiger partial charge is 0.313 e. The highest BCUT2D eigenvalue weighted by molar-refractivity contribution is 5.94. The molecule has 2 aliphatic rings. The summed E-state index contributed by atoms with van der Waals surface area (Å²) in [5.74, 6) is -0.0579. The van der Waals surface area contributed by atoms with Crippen LogP contribution in [0.5, 0.6) is 0 Å². The Labute approximate surface area is 112 Å². The van der Waals surface area contributed by atoms with Gasteiger partial charge in [-0.05, 0) is 56.0 Å².